The summed E-state index contributed by atoms with van der Waals surface area (Å²) < 4.78 is 10.8. The normalized spacial score (nSPS) is 23.5. The summed E-state index contributed by atoms with van der Waals surface area (Å²) in [6.45, 7) is 2.04. The molecule has 1 aromatic rings. The van der Waals surface area contributed by atoms with Gasteiger partial charge in [0.15, 0.2) is 5.78 Å². The third-order valence-electron chi connectivity index (χ3n) is 3.57. The molecule has 2 aliphatic rings. The molecule has 0 radical (unpaired) electrons. The minimum absolute atomic E-state index is 0.0331. The van der Waals surface area contributed by atoms with Crippen molar-refractivity contribution in [1.29, 1.82) is 0 Å². The van der Waals surface area contributed by atoms with Crippen molar-refractivity contribution in [2.24, 2.45) is 5.92 Å². The standard InChI is InChI=1S/C15H13ClO4/c1-2-19-15(18)10-5-4-9-13(17)11-7-8(16)3-6-12(11)20-14(9)10/h3,5-7,9,14H,2,4H2,1H3. The molecule has 1 heterocycles. The molecule has 3 rings (SSSR count). The third kappa shape index (κ3) is 2.00. The zero-order chi connectivity index (χ0) is 14.3. The average Bonchev–Trinajstić information content (AvgIpc) is 2.84. The Morgan fingerprint density at radius 1 is 1.50 bits per heavy atom. The van der Waals surface area contributed by atoms with Gasteiger partial charge in [-0.15, -0.1) is 0 Å². The minimum atomic E-state index is -0.546. The van der Waals surface area contributed by atoms with Gasteiger partial charge in [-0.2, -0.15) is 0 Å². The lowest BCUT2D eigenvalue weighted by Crippen LogP contribution is -2.37. The van der Waals surface area contributed by atoms with Crippen LogP contribution < -0.4 is 4.74 Å². The van der Waals surface area contributed by atoms with Crippen molar-refractivity contribution in [2.75, 3.05) is 6.61 Å². The fraction of sp³-hybridized carbons (Fsp3) is 0.333. The quantitative estimate of drug-likeness (QED) is 0.787. The number of ether oxygens (including phenoxy) is 2. The highest BCUT2D eigenvalue weighted by Gasteiger charge is 2.44. The van der Waals surface area contributed by atoms with Gasteiger partial charge in [0.2, 0.25) is 0 Å². The number of benzene rings is 1. The van der Waals surface area contributed by atoms with Crippen LogP contribution >= 0.6 is 11.6 Å². The number of esters is 1. The number of rotatable bonds is 2. The Balaban J connectivity index is 1.93. The van der Waals surface area contributed by atoms with Crippen LogP contribution in [0.4, 0.5) is 0 Å². The second-order valence-electron chi connectivity index (χ2n) is 4.77. The summed E-state index contributed by atoms with van der Waals surface area (Å²) in [4.78, 5) is 24.3. The Bertz CT molecular complexity index is 620. The van der Waals surface area contributed by atoms with Crippen molar-refractivity contribution in [3.63, 3.8) is 0 Å². The summed E-state index contributed by atoms with van der Waals surface area (Å²) in [5, 5.41) is 0.496. The van der Waals surface area contributed by atoms with E-state index >= 15 is 0 Å². The molecule has 1 aromatic carbocycles. The first kappa shape index (κ1) is 13.2. The van der Waals surface area contributed by atoms with Crippen LogP contribution in [0.15, 0.2) is 29.8 Å². The van der Waals surface area contributed by atoms with Gasteiger partial charge in [0, 0.05) is 5.02 Å². The first-order valence-electron chi connectivity index (χ1n) is 6.49. The number of Topliss-reactive ketones (excluding diaryl/α,β-unsaturated/α-hetero) is 1. The Morgan fingerprint density at radius 2 is 2.30 bits per heavy atom. The molecule has 1 aliphatic carbocycles. The largest absolute Gasteiger partial charge is 0.484 e. The summed E-state index contributed by atoms with van der Waals surface area (Å²) >= 11 is 5.91. The highest BCUT2D eigenvalue weighted by atomic mass is 35.5. The van der Waals surface area contributed by atoms with E-state index in [4.69, 9.17) is 21.1 Å². The summed E-state index contributed by atoms with van der Waals surface area (Å²) in [6, 6.07) is 4.93. The Morgan fingerprint density at radius 3 is 3.05 bits per heavy atom. The fourth-order valence-corrected chi connectivity index (χ4v) is 2.82. The molecule has 0 saturated carbocycles. The molecule has 20 heavy (non-hydrogen) atoms. The number of carbonyl (C=O) groups excluding carboxylic acids is 2. The molecule has 1 aliphatic heterocycles. The molecule has 0 bridgehead atoms. The molecule has 5 heteroatoms. The lowest BCUT2D eigenvalue weighted by molar-refractivity contribution is -0.139. The van der Waals surface area contributed by atoms with E-state index in [0.717, 1.165) is 0 Å². The molecule has 4 nitrogen and oxygen atoms in total. The molecule has 0 aromatic heterocycles. The molecule has 0 saturated heterocycles. The van der Waals surface area contributed by atoms with Crippen LogP contribution in [0.2, 0.25) is 5.02 Å². The number of allylic oxidation sites excluding steroid dienone is 1. The molecule has 0 N–H and O–H groups in total. The van der Waals surface area contributed by atoms with Gasteiger partial charge < -0.3 is 9.47 Å². The number of fused-ring (bicyclic) bond motifs is 2. The summed E-state index contributed by atoms with van der Waals surface area (Å²) in [5.41, 5.74) is 0.919. The van der Waals surface area contributed by atoms with Crippen LogP contribution in [-0.4, -0.2) is 24.5 Å². The van der Waals surface area contributed by atoms with Gasteiger partial charge in [-0.25, -0.2) is 4.79 Å². The van der Waals surface area contributed by atoms with E-state index in [9.17, 15) is 9.59 Å². The highest BCUT2D eigenvalue weighted by molar-refractivity contribution is 6.31. The zero-order valence-electron chi connectivity index (χ0n) is 10.9. The van der Waals surface area contributed by atoms with Gasteiger partial charge in [-0.3, -0.25) is 4.79 Å². The summed E-state index contributed by atoms with van der Waals surface area (Å²) in [6.07, 6.45) is 1.68. The van der Waals surface area contributed by atoms with Crippen molar-refractivity contribution in [3.05, 3.63) is 40.4 Å². The molecule has 2 unspecified atom stereocenters. The van der Waals surface area contributed by atoms with Gasteiger partial charge in [0.1, 0.15) is 11.9 Å². The fourth-order valence-electron chi connectivity index (χ4n) is 2.65. The van der Waals surface area contributed by atoms with Crippen LogP contribution in [-0.2, 0) is 9.53 Å². The number of ketones is 1. The van der Waals surface area contributed by atoms with Crippen LogP contribution in [0.5, 0.6) is 5.75 Å². The molecular formula is C15H13ClO4. The predicted octanol–water partition coefficient (Wildman–Crippen LogP) is 2.79. The van der Waals surface area contributed by atoms with Crippen molar-refractivity contribution < 1.29 is 19.1 Å². The van der Waals surface area contributed by atoms with Gasteiger partial charge >= 0.3 is 5.97 Å². The molecular weight excluding hydrogens is 280 g/mol. The Labute approximate surface area is 121 Å². The highest BCUT2D eigenvalue weighted by Crippen LogP contribution is 2.40. The van der Waals surface area contributed by atoms with Crippen LogP contribution in [0.1, 0.15) is 23.7 Å². The lowest BCUT2D eigenvalue weighted by atomic mass is 9.89. The van der Waals surface area contributed by atoms with Crippen LogP contribution in [0.3, 0.4) is 0 Å². The zero-order valence-corrected chi connectivity index (χ0v) is 11.6. The maximum absolute atomic E-state index is 12.5. The van der Waals surface area contributed by atoms with Crippen molar-refractivity contribution in [1.82, 2.24) is 0 Å². The second kappa shape index (κ2) is 4.94. The van der Waals surface area contributed by atoms with E-state index in [-0.39, 0.29) is 11.7 Å². The number of hydrogen-bond donors (Lipinski definition) is 0. The Hall–Kier alpha value is -1.81. The smallest absolute Gasteiger partial charge is 0.337 e. The van der Waals surface area contributed by atoms with Gasteiger partial charge in [-0.1, -0.05) is 17.7 Å². The number of hydrogen-bond acceptors (Lipinski definition) is 4. The summed E-state index contributed by atoms with van der Waals surface area (Å²) in [7, 11) is 0. The maximum Gasteiger partial charge on any atom is 0.337 e. The first-order valence-corrected chi connectivity index (χ1v) is 6.87. The molecule has 0 spiro atoms. The lowest BCUT2D eigenvalue weighted by Gasteiger charge is -2.29. The van der Waals surface area contributed by atoms with E-state index < -0.39 is 12.1 Å². The van der Waals surface area contributed by atoms with Gasteiger partial charge in [0.05, 0.1) is 23.7 Å². The van der Waals surface area contributed by atoms with Crippen LogP contribution in [0.25, 0.3) is 0 Å². The van der Waals surface area contributed by atoms with Crippen molar-refractivity contribution >= 4 is 23.4 Å². The van der Waals surface area contributed by atoms with Crippen molar-refractivity contribution in [3.8, 4) is 5.75 Å². The summed E-state index contributed by atoms with van der Waals surface area (Å²) in [5.74, 6) is -0.336. The third-order valence-corrected chi connectivity index (χ3v) is 3.81. The van der Waals surface area contributed by atoms with Gasteiger partial charge in [0.25, 0.3) is 0 Å². The first-order chi connectivity index (χ1) is 9.61. The van der Waals surface area contributed by atoms with E-state index in [1.807, 2.05) is 0 Å². The van der Waals surface area contributed by atoms with Crippen LogP contribution in [0, 0.1) is 5.92 Å². The monoisotopic (exact) mass is 292 g/mol. The second-order valence-corrected chi connectivity index (χ2v) is 5.20. The maximum atomic E-state index is 12.5. The van der Waals surface area contributed by atoms with E-state index in [2.05, 4.69) is 0 Å². The molecule has 104 valence electrons. The number of halogens is 1. The predicted molar refractivity (Wildman–Crippen MR) is 73.0 cm³/mol. The Kier molecular flexibility index (Phi) is 3.26. The van der Waals surface area contributed by atoms with E-state index in [0.29, 0.717) is 34.9 Å². The molecule has 2 atom stereocenters. The topological polar surface area (TPSA) is 52.6 Å². The SMILES string of the molecule is CCOC(=O)C1=CCC2C(=O)c3cc(Cl)ccc3OC12. The van der Waals surface area contributed by atoms with Gasteiger partial charge in [-0.05, 0) is 31.5 Å². The van der Waals surface area contributed by atoms with Crippen molar-refractivity contribution in [2.45, 2.75) is 19.4 Å². The minimum Gasteiger partial charge on any atom is -0.484 e. The average molecular weight is 293 g/mol. The molecule has 0 amide bonds. The molecule has 0 fully saturated rings. The van der Waals surface area contributed by atoms with E-state index in [1.165, 1.54) is 0 Å². The number of carbonyl (C=O) groups is 2. The van der Waals surface area contributed by atoms with E-state index in [1.54, 1.807) is 31.2 Å².